The minimum absolute atomic E-state index is 0.893. The van der Waals surface area contributed by atoms with Crippen molar-refractivity contribution in [2.24, 2.45) is 0 Å². The zero-order chi connectivity index (χ0) is 40.7. The molecule has 0 fully saturated rings. The standard InChI is InChI=1S/C58H36N2OS/c1-2-17-46-38(12-1)28-32-51-57-45(21-11-24-54(57)61-58(46)51)40-14-10-15-42(35-40)59(44-31-33-50-49-20-5-8-25-55(49)62-56(50)36-44)41-29-26-37(27-30-41)39-13-9-16-43(34-39)60-52-22-6-3-18-47(52)48-19-4-7-23-53(48)60/h1-36H. The summed E-state index contributed by atoms with van der Waals surface area (Å²) in [5, 5.41) is 9.68. The van der Waals surface area contributed by atoms with Crippen LogP contribution in [0.1, 0.15) is 0 Å². The minimum atomic E-state index is 0.893. The summed E-state index contributed by atoms with van der Waals surface area (Å²) in [5.41, 5.74) is 13.3. The van der Waals surface area contributed by atoms with E-state index < -0.39 is 0 Å². The molecule has 290 valence electrons. The van der Waals surface area contributed by atoms with Gasteiger partial charge in [-0.3, -0.25) is 0 Å². The number of rotatable bonds is 6. The first-order valence-corrected chi connectivity index (χ1v) is 21.9. The Bertz CT molecular complexity index is 3830. The van der Waals surface area contributed by atoms with E-state index in [1.54, 1.807) is 0 Å². The highest BCUT2D eigenvalue weighted by Crippen LogP contribution is 2.44. The number of hydrogen-bond donors (Lipinski definition) is 0. The molecule has 10 aromatic carbocycles. The highest BCUT2D eigenvalue weighted by atomic mass is 32.1. The Morgan fingerprint density at radius 1 is 0.387 bits per heavy atom. The number of fused-ring (bicyclic) bond motifs is 11. The Morgan fingerprint density at radius 3 is 1.87 bits per heavy atom. The topological polar surface area (TPSA) is 21.3 Å². The maximum atomic E-state index is 6.61. The van der Waals surface area contributed by atoms with Crippen LogP contribution in [0.3, 0.4) is 0 Å². The maximum Gasteiger partial charge on any atom is 0.143 e. The third-order valence-electron chi connectivity index (χ3n) is 12.6. The van der Waals surface area contributed by atoms with E-state index in [4.69, 9.17) is 4.42 Å². The van der Waals surface area contributed by atoms with Crippen LogP contribution in [0.25, 0.3) is 103 Å². The van der Waals surface area contributed by atoms with Gasteiger partial charge in [0.15, 0.2) is 0 Å². The van der Waals surface area contributed by atoms with Crippen molar-refractivity contribution in [1.29, 1.82) is 0 Å². The van der Waals surface area contributed by atoms with Crippen molar-refractivity contribution < 1.29 is 4.42 Å². The molecule has 0 amide bonds. The second-order valence-electron chi connectivity index (χ2n) is 16.1. The number of thiophene rings is 1. The quantitative estimate of drug-likeness (QED) is 0.167. The average Bonchev–Trinajstić information content (AvgIpc) is 4.02. The molecule has 0 saturated heterocycles. The van der Waals surface area contributed by atoms with Crippen LogP contribution in [0, 0.1) is 0 Å². The highest BCUT2D eigenvalue weighted by molar-refractivity contribution is 7.25. The van der Waals surface area contributed by atoms with Gasteiger partial charge in [-0.2, -0.15) is 0 Å². The van der Waals surface area contributed by atoms with Crippen LogP contribution in [-0.4, -0.2) is 4.57 Å². The van der Waals surface area contributed by atoms with Crippen LogP contribution in [0.2, 0.25) is 0 Å². The van der Waals surface area contributed by atoms with Crippen LogP contribution in [0.5, 0.6) is 0 Å². The molecule has 0 radical (unpaired) electrons. The summed E-state index contributed by atoms with van der Waals surface area (Å²) in [6, 6.07) is 79.2. The lowest BCUT2D eigenvalue weighted by Gasteiger charge is -2.26. The van der Waals surface area contributed by atoms with Crippen LogP contribution in [-0.2, 0) is 0 Å². The van der Waals surface area contributed by atoms with Gasteiger partial charge < -0.3 is 13.9 Å². The molecule has 13 rings (SSSR count). The van der Waals surface area contributed by atoms with E-state index in [0.717, 1.165) is 66.8 Å². The summed E-state index contributed by atoms with van der Waals surface area (Å²) in [4.78, 5) is 2.40. The molecule has 0 N–H and O–H groups in total. The molecule has 3 heterocycles. The largest absolute Gasteiger partial charge is 0.455 e. The number of nitrogens with zero attached hydrogens (tertiary/aromatic N) is 2. The zero-order valence-electron chi connectivity index (χ0n) is 33.5. The van der Waals surface area contributed by atoms with Crippen molar-refractivity contribution in [3.8, 4) is 27.9 Å². The number of para-hydroxylation sites is 2. The molecule has 3 aromatic heterocycles. The van der Waals surface area contributed by atoms with Gasteiger partial charge in [0, 0.05) is 69.9 Å². The normalized spacial score (nSPS) is 11.9. The molecule has 0 saturated carbocycles. The first kappa shape index (κ1) is 34.9. The number of furan rings is 1. The first-order chi connectivity index (χ1) is 30.7. The summed E-state index contributed by atoms with van der Waals surface area (Å²) in [5.74, 6) is 0. The summed E-state index contributed by atoms with van der Waals surface area (Å²) < 4.78 is 11.6. The molecule has 0 aliphatic heterocycles. The van der Waals surface area contributed by atoms with Crippen LogP contribution < -0.4 is 4.90 Å². The smallest absolute Gasteiger partial charge is 0.143 e. The van der Waals surface area contributed by atoms with Gasteiger partial charge in [-0.25, -0.2) is 0 Å². The molecule has 0 spiro atoms. The lowest BCUT2D eigenvalue weighted by atomic mass is 9.97. The Kier molecular flexibility index (Phi) is 7.78. The van der Waals surface area contributed by atoms with Crippen molar-refractivity contribution in [3.05, 3.63) is 218 Å². The molecular formula is C58H36N2OS. The fourth-order valence-corrected chi connectivity index (χ4v) is 10.9. The molecular weight excluding hydrogens is 773 g/mol. The predicted octanol–water partition coefficient (Wildman–Crippen LogP) is 17.0. The van der Waals surface area contributed by atoms with Gasteiger partial charge in [-0.05, 0) is 107 Å². The number of hydrogen-bond acceptors (Lipinski definition) is 3. The monoisotopic (exact) mass is 808 g/mol. The Hall–Kier alpha value is -7.92. The molecule has 4 heteroatoms. The van der Waals surface area contributed by atoms with Crippen molar-refractivity contribution in [1.82, 2.24) is 4.57 Å². The summed E-state index contributed by atoms with van der Waals surface area (Å²) in [6.07, 6.45) is 0. The van der Waals surface area contributed by atoms with E-state index >= 15 is 0 Å². The second-order valence-corrected chi connectivity index (χ2v) is 17.2. The molecule has 3 nitrogen and oxygen atoms in total. The van der Waals surface area contributed by atoms with E-state index in [9.17, 15) is 0 Å². The Labute approximate surface area is 361 Å². The molecule has 0 atom stereocenters. The first-order valence-electron chi connectivity index (χ1n) is 21.1. The Morgan fingerprint density at radius 2 is 1.03 bits per heavy atom. The van der Waals surface area contributed by atoms with E-state index in [-0.39, 0.29) is 0 Å². The van der Waals surface area contributed by atoms with E-state index in [1.807, 2.05) is 11.3 Å². The van der Waals surface area contributed by atoms with Gasteiger partial charge in [-0.1, -0.05) is 140 Å². The summed E-state index contributed by atoms with van der Waals surface area (Å²) in [7, 11) is 0. The van der Waals surface area contributed by atoms with Gasteiger partial charge in [0.25, 0.3) is 0 Å². The molecule has 0 unspecified atom stereocenters. The Balaban J connectivity index is 0.943. The molecule has 62 heavy (non-hydrogen) atoms. The maximum absolute atomic E-state index is 6.61. The van der Waals surface area contributed by atoms with Gasteiger partial charge in [0.2, 0.25) is 0 Å². The molecule has 0 aliphatic carbocycles. The summed E-state index contributed by atoms with van der Waals surface area (Å²) >= 11 is 1.85. The van der Waals surface area contributed by atoms with Crippen molar-refractivity contribution in [3.63, 3.8) is 0 Å². The van der Waals surface area contributed by atoms with Gasteiger partial charge in [-0.15, -0.1) is 11.3 Å². The van der Waals surface area contributed by atoms with Gasteiger partial charge in [0.1, 0.15) is 11.2 Å². The average molecular weight is 809 g/mol. The molecule has 0 aliphatic rings. The van der Waals surface area contributed by atoms with Crippen LogP contribution in [0.15, 0.2) is 223 Å². The zero-order valence-corrected chi connectivity index (χ0v) is 34.3. The SMILES string of the molecule is c1cc(-c2cccc3oc4c5ccccc5ccc4c23)cc(N(c2ccc(-c3cccc(-n4c5ccccc5c5ccccc54)c3)cc2)c2ccc3c(c2)sc2ccccc23)c1. The van der Waals surface area contributed by atoms with Crippen molar-refractivity contribution in [2.75, 3.05) is 4.90 Å². The van der Waals surface area contributed by atoms with E-state index in [2.05, 4.69) is 228 Å². The van der Waals surface area contributed by atoms with Crippen molar-refractivity contribution >= 4 is 103 Å². The van der Waals surface area contributed by atoms with Crippen molar-refractivity contribution in [2.45, 2.75) is 0 Å². The third-order valence-corrected chi connectivity index (χ3v) is 13.7. The minimum Gasteiger partial charge on any atom is -0.455 e. The lowest BCUT2D eigenvalue weighted by Crippen LogP contribution is -2.10. The molecule has 0 bridgehead atoms. The number of anilines is 3. The number of benzene rings is 10. The summed E-state index contributed by atoms with van der Waals surface area (Å²) in [6.45, 7) is 0. The highest BCUT2D eigenvalue weighted by Gasteiger charge is 2.19. The molecule has 13 aromatic rings. The number of aromatic nitrogens is 1. The third kappa shape index (κ3) is 5.44. The second kappa shape index (κ2) is 13.8. The predicted molar refractivity (Wildman–Crippen MR) is 264 cm³/mol. The van der Waals surface area contributed by atoms with E-state index in [1.165, 1.54) is 52.9 Å². The lowest BCUT2D eigenvalue weighted by molar-refractivity contribution is 0.673. The van der Waals surface area contributed by atoms with Crippen LogP contribution in [0.4, 0.5) is 17.1 Å². The van der Waals surface area contributed by atoms with Crippen LogP contribution >= 0.6 is 11.3 Å². The van der Waals surface area contributed by atoms with Gasteiger partial charge >= 0.3 is 0 Å². The van der Waals surface area contributed by atoms with Gasteiger partial charge in [0.05, 0.1) is 11.0 Å². The fraction of sp³-hybridized carbons (Fsp3) is 0. The fourth-order valence-electron chi connectivity index (χ4n) is 9.74. The van der Waals surface area contributed by atoms with E-state index in [0.29, 0.717) is 0 Å².